The molecular formula is C10H9ClFN3O2S. The Morgan fingerprint density at radius 1 is 1.44 bits per heavy atom. The minimum absolute atomic E-state index is 0.0546. The molecule has 0 bridgehead atoms. The molecule has 1 aromatic carbocycles. The first-order valence-electron chi connectivity index (χ1n) is 4.88. The average molecular weight is 290 g/mol. The van der Waals surface area contributed by atoms with Crippen molar-refractivity contribution in [1.82, 2.24) is 10.2 Å². The monoisotopic (exact) mass is 289 g/mol. The van der Waals surface area contributed by atoms with E-state index >= 15 is 0 Å². The van der Waals surface area contributed by atoms with Crippen LogP contribution in [-0.2, 0) is 10.0 Å². The molecule has 0 aliphatic rings. The molecule has 0 atom stereocenters. The van der Waals surface area contributed by atoms with Gasteiger partial charge in [-0.3, -0.25) is 9.82 Å². The Hall–Kier alpha value is -1.60. The molecule has 2 rings (SSSR count). The Morgan fingerprint density at radius 2 is 2.17 bits per heavy atom. The minimum atomic E-state index is -3.95. The first kappa shape index (κ1) is 12.8. The van der Waals surface area contributed by atoms with Gasteiger partial charge in [-0.1, -0.05) is 11.6 Å². The number of aromatic amines is 1. The number of H-pyrrole nitrogens is 1. The molecule has 2 aromatic rings. The topological polar surface area (TPSA) is 74.8 Å². The van der Waals surface area contributed by atoms with Crippen LogP contribution in [0.4, 0.5) is 10.2 Å². The number of rotatable bonds is 3. The Labute approximate surface area is 108 Å². The van der Waals surface area contributed by atoms with E-state index in [-0.39, 0.29) is 15.7 Å². The maximum absolute atomic E-state index is 13.1. The summed E-state index contributed by atoms with van der Waals surface area (Å²) >= 11 is 5.75. The van der Waals surface area contributed by atoms with Crippen molar-refractivity contribution in [2.24, 2.45) is 0 Å². The van der Waals surface area contributed by atoms with Gasteiger partial charge in [-0.05, 0) is 25.1 Å². The van der Waals surface area contributed by atoms with Gasteiger partial charge in [-0.15, -0.1) is 0 Å². The normalized spacial score (nSPS) is 11.5. The molecule has 1 aromatic heterocycles. The van der Waals surface area contributed by atoms with Crippen molar-refractivity contribution in [1.29, 1.82) is 0 Å². The lowest BCUT2D eigenvalue weighted by Gasteiger charge is -2.08. The number of nitrogens with zero attached hydrogens (tertiary/aromatic N) is 1. The van der Waals surface area contributed by atoms with Gasteiger partial charge in [0, 0.05) is 5.56 Å². The average Bonchev–Trinajstić information content (AvgIpc) is 2.67. The second-order valence-corrected chi connectivity index (χ2v) is 5.67. The second kappa shape index (κ2) is 4.58. The van der Waals surface area contributed by atoms with Gasteiger partial charge in [-0.25, -0.2) is 12.8 Å². The van der Waals surface area contributed by atoms with Crippen molar-refractivity contribution in [2.75, 3.05) is 4.72 Å². The molecule has 0 fully saturated rings. The van der Waals surface area contributed by atoms with E-state index in [2.05, 4.69) is 14.9 Å². The zero-order valence-electron chi connectivity index (χ0n) is 9.24. The third kappa shape index (κ3) is 2.46. The van der Waals surface area contributed by atoms with Crippen LogP contribution in [0.2, 0.25) is 5.02 Å². The van der Waals surface area contributed by atoms with Crippen molar-refractivity contribution in [3.63, 3.8) is 0 Å². The summed E-state index contributed by atoms with van der Waals surface area (Å²) in [5.41, 5.74) is 0.617. The Bertz CT molecular complexity index is 684. The molecule has 0 unspecified atom stereocenters. The Morgan fingerprint density at radius 3 is 2.78 bits per heavy atom. The predicted octanol–water partition coefficient (Wildman–Crippen LogP) is 2.31. The standard InChI is InChI=1S/C10H9ClFN3O2S/c1-6-5-13-14-10(6)15-18(16,17)9-4-7(12)2-3-8(9)11/h2-5H,1H3,(H2,13,14,15). The number of halogens is 2. The molecule has 5 nitrogen and oxygen atoms in total. The highest BCUT2D eigenvalue weighted by molar-refractivity contribution is 7.92. The van der Waals surface area contributed by atoms with Crippen LogP contribution >= 0.6 is 11.6 Å². The van der Waals surface area contributed by atoms with Crippen LogP contribution in [-0.4, -0.2) is 18.6 Å². The van der Waals surface area contributed by atoms with Gasteiger partial charge >= 0.3 is 0 Å². The van der Waals surface area contributed by atoms with E-state index in [9.17, 15) is 12.8 Å². The molecule has 0 spiro atoms. The number of aromatic nitrogens is 2. The van der Waals surface area contributed by atoms with E-state index in [0.717, 1.165) is 12.1 Å². The molecule has 0 amide bonds. The van der Waals surface area contributed by atoms with Crippen LogP contribution in [0.15, 0.2) is 29.3 Å². The van der Waals surface area contributed by atoms with Gasteiger partial charge in [0.05, 0.1) is 11.2 Å². The zero-order valence-corrected chi connectivity index (χ0v) is 10.8. The van der Waals surface area contributed by atoms with Crippen molar-refractivity contribution >= 4 is 27.4 Å². The van der Waals surface area contributed by atoms with E-state index in [1.54, 1.807) is 6.92 Å². The molecule has 0 saturated carbocycles. The summed E-state index contributed by atoms with van der Waals surface area (Å²) in [4.78, 5) is -0.321. The fourth-order valence-electron chi connectivity index (χ4n) is 1.32. The van der Waals surface area contributed by atoms with E-state index < -0.39 is 15.8 Å². The summed E-state index contributed by atoms with van der Waals surface area (Å²) in [5, 5.41) is 6.11. The predicted molar refractivity (Wildman–Crippen MR) is 65.5 cm³/mol. The molecular weight excluding hydrogens is 281 g/mol. The fraction of sp³-hybridized carbons (Fsp3) is 0.100. The first-order valence-corrected chi connectivity index (χ1v) is 6.74. The van der Waals surface area contributed by atoms with Crippen LogP contribution in [0.25, 0.3) is 0 Å². The summed E-state index contributed by atoms with van der Waals surface area (Å²) in [5.74, 6) is -0.462. The SMILES string of the molecule is Cc1cn[nH]c1NS(=O)(=O)c1cc(F)ccc1Cl. The number of anilines is 1. The Kier molecular flexibility index (Phi) is 3.27. The van der Waals surface area contributed by atoms with Crippen molar-refractivity contribution in [3.8, 4) is 0 Å². The minimum Gasteiger partial charge on any atom is -0.263 e. The highest BCUT2D eigenvalue weighted by Gasteiger charge is 2.20. The summed E-state index contributed by atoms with van der Waals surface area (Å²) in [6.07, 6.45) is 1.46. The number of hydrogen-bond donors (Lipinski definition) is 2. The molecule has 8 heteroatoms. The number of aryl methyl sites for hydroxylation is 1. The van der Waals surface area contributed by atoms with Crippen molar-refractivity contribution in [3.05, 3.63) is 40.8 Å². The lowest BCUT2D eigenvalue weighted by Crippen LogP contribution is -2.14. The molecule has 0 saturated heterocycles. The quantitative estimate of drug-likeness (QED) is 0.910. The smallest absolute Gasteiger partial charge is 0.263 e. The Balaban J connectivity index is 2.43. The summed E-state index contributed by atoms with van der Waals surface area (Å²) in [6.45, 7) is 1.68. The zero-order chi connectivity index (χ0) is 13.3. The molecule has 2 N–H and O–H groups in total. The maximum Gasteiger partial charge on any atom is 0.264 e. The molecule has 0 radical (unpaired) electrons. The second-order valence-electron chi connectivity index (χ2n) is 3.61. The van der Waals surface area contributed by atoms with Gasteiger partial charge in [0.2, 0.25) is 0 Å². The third-order valence-corrected chi connectivity index (χ3v) is 4.08. The van der Waals surface area contributed by atoms with Crippen LogP contribution in [0, 0.1) is 12.7 Å². The van der Waals surface area contributed by atoms with E-state index in [0.29, 0.717) is 5.56 Å². The number of sulfonamides is 1. The van der Waals surface area contributed by atoms with Gasteiger partial charge in [-0.2, -0.15) is 5.10 Å². The lowest BCUT2D eigenvalue weighted by atomic mass is 10.3. The highest BCUT2D eigenvalue weighted by Crippen LogP contribution is 2.24. The molecule has 96 valence electrons. The van der Waals surface area contributed by atoms with E-state index in [1.165, 1.54) is 12.3 Å². The summed E-state index contributed by atoms with van der Waals surface area (Å²) < 4.78 is 39.3. The molecule has 18 heavy (non-hydrogen) atoms. The maximum atomic E-state index is 13.1. The molecule has 1 heterocycles. The highest BCUT2D eigenvalue weighted by atomic mass is 35.5. The van der Waals surface area contributed by atoms with E-state index in [1.807, 2.05) is 0 Å². The van der Waals surface area contributed by atoms with Crippen molar-refractivity contribution in [2.45, 2.75) is 11.8 Å². The summed E-state index contributed by atoms with van der Waals surface area (Å²) in [7, 11) is -3.95. The van der Waals surface area contributed by atoms with Gasteiger partial charge in [0.15, 0.2) is 0 Å². The van der Waals surface area contributed by atoms with Crippen molar-refractivity contribution < 1.29 is 12.8 Å². The summed E-state index contributed by atoms with van der Waals surface area (Å²) in [6, 6.07) is 3.13. The first-order chi connectivity index (χ1) is 8.40. The van der Waals surface area contributed by atoms with Gasteiger partial charge in [0.1, 0.15) is 16.5 Å². The van der Waals surface area contributed by atoms with Crippen LogP contribution in [0.5, 0.6) is 0 Å². The number of nitrogens with one attached hydrogen (secondary N) is 2. The largest absolute Gasteiger partial charge is 0.264 e. The van der Waals surface area contributed by atoms with Gasteiger partial charge in [0.25, 0.3) is 10.0 Å². The van der Waals surface area contributed by atoms with Crippen LogP contribution < -0.4 is 4.72 Å². The third-order valence-electron chi connectivity index (χ3n) is 2.25. The molecule has 0 aliphatic heterocycles. The fourth-order valence-corrected chi connectivity index (χ4v) is 2.92. The molecule has 0 aliphatic carbocycles. The number of benzene rings is 1. The van der Waals surface area contributed by atoms with E-state index in [4.69, 9.17) is 11.6 Å². The van der Waals surface area contributed by atoms with Crippen LogP contribution in [0.3, 0.4) is 0 Å². The van der Waals surface area contributed by atoms with Crippen LogP contribution in [0.1, 0.15) is 5.56 Å². The number of hydrogen-bond acceptors (Lipinski definition) is 3. The van der Waals surface area contributed by atoms with Gasteiger partial charge < -0.3 is 0 Å². The lowest BCUT2D eigenvalue weighted by molar-refractivity contribution is 0.595.